The zero-order chi connectivity index (χ0) is 50.4. The van der Waals surface area contributed by atoms with E-state index in [1.165, 1.54) is 23.6 Å². The molecule has 0 spiro atoms. The molecule has 24 nitrogen and oxygen atoms in total. The van der Waals surface area contributed by atoms with Crippen LogP contribution in [0, 0.1) is 5.92 Å². The molecule has 0 unspecified atom stereocenters. The highest BCUT2D eigenvalue weighted by Gasteiger charge is 2.41. The summed E-state index contributed by atoms with van der Waals surface area (Å²) < 4.78 is -1.12. The second kappa shape index (κ2) is 28.9. The van der Waals surface area contributed by atoms with Gasteiger partial charge in [-0.1, -0.05) is 35.4 Å². The van der Waals surface area contributed by atoms with E-state index < -0.39 is 107 Å². The normalized spacial score (nSPS) is 25.3. The van der Waals surface area contributed by atoms with Crippen LogP contribution in [0.5, 0.6) is 0 Å². The fourth-order valence-electron chi connectivity index (χ4n) is 7.15. The van der Waals surface area contributed by atoms with E-state index >= 15 is 0 Å². The zero-order valence-corrected chi connectivity index (χ0v) is 41.6. The number of hydrogen-bond acceptors (Lipinski definition) is 14. The van der Waals surface area contributed by atoms with Crippen LogP contribution in [-0.4, -0.2) is 161 Å². The van der Waals surface area contributed by atoms with Crippen LogP contribution in [0.1, 0.15) is 86.0 Å². The van der Waals surface area contributed by atoms with Gasteiger partial charge in [0.25, 0.3) is 0 Å². The minimum Gasteiger partial charge on any atom is -0.370 e. The van der Waals surface area contributed by atoms with Crippen molar-refractivity contribution in [2.75, 3.05) is 43.9 Å². The summed E-state index contributed by atoms with van der Waals surface area (Å²) in [4.78, 5) is 132. The van der Waals surface area contributed by atoms with Gasteiger partial charge in [0, 0.05) is 37.1 Å². The zero-order valence-electron chi connectivity index (χ0n) is 39.1. The molecule has 0 bridgehead atoms. The number of hydrogen-bond donors (Lipinski definition) is 12. The van der Waals surface area contributed by atoms with Crippen molar-refractivity contribution in [3.63, 3.8) is 0 Å². The maximum Gasteiger partial charge on any atom is 0.245 e. The summed E-state index contributed by atoms with van der Waals surface area (Å²) in [5.74, 6) is -6.44. The van der Waals surface area contributed by atoms with Crippen molar-refractivity contribution in [2.45, 2.75) is 133 Å². The number of thioether (sulfide) groups is 1. The molecule has 67 heavy (non-hydrogen) atoms. The highest BCUT2D eigenvalue weighted by Crippen LogP contribution is 2.38. The Morgan fingerprint density at radius 1 is 0.791 bits per heavy atom. The van der Waals surface area contributed by atoms with Crippen LogP contribution in [0.15, 0.2) is 9.98 Å². The van der Waals surface area contributed by atoms with E-state index in [0.29, 0.717) is 12.2 Å². The molecule has 2 saturated heterocycles. The molecule has 0 radical (unpaired) electrons. The molecule has 9 amide bonds. The maximum absolute atomic E-state index is 14.3. The molecule has 2 heterocycles. The summed E-state index contributed by atoms with van der Waals surface area (Å²) in [6.45, 7) is 7.87. The predicted octanol–water partition coefficient (Wildman–Crippen LogP) is -3.41. The fraction of sp³-hybridized carbons (Fsp3) is 0.725. The van der Waals surface area contributed by atoms with Crippen LogP contribution in [-0.2, 0) is 43.2 Å². The van der Waals surface area contributed by atoms with Gasteiger partial charge in [-0.05, 0) is 83.1 Å². The number of fused-ring (bicyclic) bond motifs is 1. The first-order valence-electron chi connectivity index (χ1n) is 22.0. The Labute approximate surface area is 403 Å². The molecule has 0 saturated carbocycles. The Bertz CT molecular complexity index is 1810. The van der Waals surface area contributed by atoms with E-state index in [9.17, 15) is 43.2 Å². The molecule has 0 aromatic heterocycles. The average molecular weight is 1000 g/mol. The Morgan fingerprint density at radius 3 is 1.90 bits per heavy atom. The number of carbonyl (C=O) groups excluding carboxylic acids is 9. The molecule has 2 aliphatic rings. The monoisotopic (exact) mass is 1000 g/mol. The number of primary amides is 1. The van der Waals surface area contributed by atoms with Crippen molar-refractivity contribution in [1.82, 2.24) is 42.1 Å². The molecular weight excluding hydrogens is 931 g/mol. The Balaban J connectivity index is 2.68. The van der Waals surface area contributed by atoms with Gasteiger partial charge in [0.15, 0.2) is 11.9 Å². The molecule has 0 aromatic rings. The molecular formula is C40H71N15O9S3. The molecule has 378 valence electrons. The fourth-order valence-corrected chi connectivity index (χ4v) is 10.4. The van der Waals surface area contributed by atoms with E-state index in [2.05, 4.69) is 47.2 Å². The molecule has 17 N–H and O–H groups in total. The lowest BCUT2D eigenvalue weighted by Crippen LogP contribution is -2.60. The van der Waals surface area contributed by atoms with Gasteiger partial charge < -0.3 is 70.8 Å². The van der Waals surface area contributed by atoms with Crippen LogP contribution < -0.4 is 65.9 Å². The van der Waals surface area contributed by atoms with Crippen LogP contribution in [0.3, 0.4) is 0 Å². The molecule has 0 aliphatic carbocycles. The number of nitrogens with zero attached hydrogens (tertiary/aromatic N) is 3. The lowest BCUT2D eigenvalue weighted by molar-refractivity contribution is -0.142. The molecule has 2 rings (SSSR count). The number of amides is 9. The Morgan fingerprint density at radius 2 is 1.34 bits per heavy atom. The average Bonchev–Trinajstić information content (AvgIpc) is 3.74. The van der Waals surface area contributed by atoms with Gasteiger partial charge in [0.2, 0.25) is 53.2 Å². The van der Waals surface area contributed by atoms with Crippen molar-refractivity contribution in [2.24, 2.45) is 44.6 Å². The maximum atomic E-state index is 14.3. The number of nitrogens with two attached hydrogens (primary N) is 5. The van der Waals surface area contributed by atoms with Crippen LogP contribution in [0.4, 0.5) is 0 Å². The van der Waals surface area contributed by atoms with E-state index in [1.807, 2.05) is 20.1 Å². The van der Waals surface area contributed by atoms with Crippen LogP contribution in [0.25, 0.3) is 0 Å². The minimum absolute atomic E-state index is 0.00114. The van der Waals surface area contributed by atoms with Crippen molar-refractivity contribution in [3.8, 4) is 0 Å². The van der Waals surface area contributed by atoms with Crippen LogP contribution >= 0.6 is 33.3 Å². The summed E-state index contributed by atoms with van der Waals surface area (Å²) in [7, 11) is 2.20. The number of guanidine groups is 2. The lowest BCUT2D eigenvalue weighted by Gasteiger charge is -2.32. The molecule has 7 atom stereocenters. The first-order chi connectivity index (χ1) is 31.5. The van der Waals surface area contributed by atoms with Gasteiger partial charge in [-0.15, -0.1) is 0 Å². The Kier molecular flexibility index (Phi) is 25.0. The summed E-state index contributed by atoms with van der Waals surface area (Å²) in [6.07, 6.45) is 3.27. The second-order valence-corrected chi connectivity index (χ2v) is 21.1. The van der Waals surface area contributed by atoms with Crippen molar-refractivity contribution in [1.29, 1.82) is 0 Å². The van der Waals surface area contributed by atoms with Crippen molar-refractivity contribution >= 4 is 98.4 Å². The number of carbonyl (C=O) groups is 9. The topological polar surface area (TPSA) is 396 Å². The van der Waals surface area contributed by atoms with E-state index in [4.69, 9.17) is 28.7 Å². The van der Waals surface area contributed by atoms with E-state index in [-0.39, 0.29) is 88.2 Å². The summed E-state index contributed by atoms with van der Waals surface area (Å²) in [5, 5.41) is 18.6. The minimum atomic E-state index is -1.30. The molecule has 2 aliphatic heterocycles. The van der Waals surface area contributed by atoms with Crippen LogP contribution in [0.2, 0.25) is 0 Å². The van der Waals surface area contributed by atoms with Crippen molar-refractivity contribution in [3.05, 3.63) is 0 Å². The smallest absolute Gasteiger partial charge is 0.245 e. The van der Waals surface area contributed by atoms with Gasteiger partial charge in [-0.2, -0.15) is 11.8 Å². The van der Waals surface area contributed by atoms with Crippen molar-refractivity contribution < 1.29 is 43.2 Å². The SMILES string of the molecule is CSCC[C@@H]1NC(=O)[C@@H](NC(C)=O)CSSC(C)(C)[C@H](C(N)=O)NC(=O)CNC(=O)[C@H](CCCN=C(N)N)NC(=O)[C@H](CC(C)C)NC(=O)[C@H](CCCN=C(N)N)NC(=O)[C@@H]2CCCN2C1=O. The quantitative estimate of drug-likeness (QED) is 0.0329. The number of aliphatic imine (C=N–C) groups is 2. The number of rotatable bonds is 15. The molecule has 0 aromatic carbocycles. The van der Waals surface area contributed by atoms with E-state index in [1.54, 1.807) is 13.8 Å². The number of nitrogens with one attached hydrogen (secondary N) is 7. The first kappa shape index (κ1) is 57.9. The summed E-state index contributed by atoms with van der Waals surface area (Å²) in [6, 6.07) is -8.31. The highest BCUT2D eigenvalue weighted by atomic mass is 33.1. The third-order valence-corrected chi connectivity index (χ3v) is 14.4. The van der Waals surface area contributed by atoms with Gasteiger partial charge in [0.05, 0.1) is 6.54 Å². The second-order valence-electron chi connectivity index (χ2n) is 17.1. The molecule has 27 heteroatoms. The lowest BCUT2D eigenvalue weighted by atomic mass is 10.0. The summed E-state index contributed by atoms with van der Waals surface area (Å²) >= 11 is 1.44. The molecule has 2 fully saturated rings. The van der Waals surface area contributed by atoms with Gasteiger partial charge in [-0.25, -0.2) is 0 Å². The van der Waals surface area contributed by atoms with E-state index in [0.717, 1.165) is 21.6 Å². The standard InChI is InChI=1S/C40H71N15O9S3/c1-21(2)18-26-34(61)50-23(10-7-14-46-38(42)43)32(59)48-19-29(57)54-30(31(41)58)40(4,5)67-66-20-27(49-22(3)56)35(62)52-25(13-17-65-6)37(64)55-16-9-12-28(55)36(63)51-24(33(60)53-26)11-8-15-47-39(44)45/h21,23-28,30H,7-20H2,1-6H3,(H2,41,58)(H,48,59)(H,49,56)(H,50,61)(H,51,63)(H,52,62)(H,53,60)(H,54,57)(H4,42,43,46)(H4,44,45,47)/t23-,24-,25-,26-,27-,28-,30-/m0/s1. The largest absolute Gasteiger partial charge is 0.370 e. The van der Waals surface area contributed by atoms with Gasteiger partial charge >= 0.3 is 0 Å². The third kappa shape index (κ3) is 20.7. The van der Waals surface area contributed by atoms with Gasteiger partial charge in [0.1, 0.15) is 42.3 Å². The highest BCUT2D eigenvalue weighted by molar-refractivity contribution is 8.77. The predicted molar refractivity (Wildman–Crippen MR) is 261 cm³/mol. The third-order valence-electron chi connectivity index (χ3n) is 10.5. The summed E-state index contributed by atoms with van der Waals surface area (Å²) in [5.41, 5.74) is 27.7. The van der Waals surface area contributed by atoms with Gasteiger partial charge in [-0.3, -0.25) is 53.1 Å². The Hall–Kier alpha value is -5.18. The first-order valence-corrected chi connectivity index (χ1v) is 25.7.